The van der Waals surface area contributed by atoms with Crippen LogP contribution in [0.2, 0.25) is 0 Å². The number of nitrogens with one attached hydrogen (secondary N) is 1. The van der Waals surface area contributed by atoms with Crippen LogP contribution in [0, 0.1) is 11.7 Å². The monoisotopic (exact) mass is 370 g/mol. The summed E-state index contributed by atoms with van der Waals surface area (Å²) in [4.78, 5) is 14.8. The molecule has 0 radical (unpaired) electrons. The summed E-state index contributed by atoms with van der Waals surface area (Å²) in [5, 5.41) is 8.39. The third-order valence-corrected chi connectivity index (χ3v) is 6.01. The van der Waals surface area contributed by atoms with Gasteiger partial charge in [0.05, 0.1) is 6.04 Å². The smallest absolute Gasteiger partial charge is 0.276 e. The molecule has 1 aromatic carbocycles. The summed E-state index contributed by atoms with van der Waals surface area (Å²) in [6, 6.07) is 6.10. The molecule has 2 aliphatic heterocycles. The lowest BCUT2D eigenvalue weighted by atomic mass is 9.94. The fraction of sp³-hybridized carbons (Fsp3) is 0.562. The highest BCUT2D eigenvalue weighted by Gasteiger charge is 2.35. The highest BCUT2D eigenvalue weighted by molar-refractivity contribution is 7.86. The molecule has 0 spiro atoms. The fourth-order valence-electron chi connectivity index (χ4n) is 3.57. The van der Waals surface area contributed by atoms with E-state index >= 15 is 0 Å². The van der Waals surface area contributed by atoms with E-state index in [1.807, 2.05) is 6.07 Å². The van der Waals surface area contributed by atoms with Gasteiger partial charge in [-0.15, -0.1) is 0 Å². The molecule has 0 aliphatic carbocycles. The van der Waals surface area contributed by atoms with E-state index in [9.17, 15) is 17.6 Å². The number of hydrogen-bond donors (Lipinski definition) is 2. The SMILES string of the molecule is NS(=O)(=O)N1CCC(C(=O)N2CCNCC2c2cccc(F)c2)CC1. The van der Waals surface area contributed by atoms with Crippen molar-refractivity contribution < 1.29 is 17.6 Å². The van der Waals surface area contributed by atoms with Crippen LogP contribution < -0.4 is 10.5 Å². The number of carbonyl (C=O) groups excluding carboxylic acids is 1. The summed E-state index contributed by atoms with van der Waals surface area (Å²) in [6.07, 6.45) is 0.907. The first-order valence-electron chi connectivity index (χ1n) is 8.41. The zero-order valence-corrected chi connectivity index (χ0v) is 14.7. The van der Waals surface area contributed by atoms with E-state index in [1.54, 1.807) is 11.0 Å². The van der Waals surface area contributed by atoms with Gasteiger partial charge in [-0.25, -0.2) is 9.53 Å². The van der Waals surface area contributed by atoms with Gasteiger partial charge in [-0.05, 0) is 30.5 Å². The Bertz CT molecular complexity index is 735. The number of benzene rings is 1. The van der Waals surface area contributed by atoms with Gasteiger partial charge in [0.25, 0.3) is 10.2 Å². The lowest BCUT2D eigenvalue weighted by Crippen LogP contribution is -2.52. The van der Waals surface area contributed by atoms with Crippen molar-refractivity contribution in [3.8, 4) is 0 Å². The number of hydrogen-bond acceptors (Lipinski definition) is 4. The Morgan fingerprint density at radius 2 is 1.96 bits per heavy atom. The quantitative estimate of drug-likeness (QED) is 0.795. The summed E-state index contributed by atoms with van der Waals surface area (Å²) < 4.78 is 37.6. The van der Waals surface area contributed by atoms with Crippen LogP contribution in [0.4, 0.5) is 4.39 Å². The van der Waals surface area contributed by atoms with Gasteiger partial charge >= 0.3 is 0 Å². The molecular formula is C16H23FN4O3S. The number of nitrogens with zero attached hydrogens (tertiary/aromatic N) is 2. The Morgan fingerprint density at radius 3 is 2.60 bits per heavy atom. The predicted molar refractivity (Wildman–Crippen MR) is 91.1 cm³/mol. The second-order valence-electron chi connectivity index (χ2n) is 6.52. The zero-order valence-electron chi connectivity index (χ0n) is 13.9. The zero-order chi connectivity index (χ0) is 18.0. The first kappa shape index (κ1) is 18.2. The molecule has 2 saturated heterocycles. The molecule has 2 heterocycles. The summed E-state index contributed by atoms with van der Waals surface area (Å²) in [5.74, 6) is -0.547. The molecule has 0 aromatic heterocycles. The summed E-state index contributed by atoms with van der Waals surface area (Å²) in [5.41, 5.74) is 0.766. The molecule has 0 bridgehead atoms. The maximum atomic E-state index is 13.6. The van der Waals surface area contributed by atoms with Crippen molar-refractivity contribution in [1.82, 2.24) is 14.5 Å². The van der Waals surface area contributed by atoms with Gasteiger partial charge in [0.2, 0.25) is 5.91 Å². The van der Waals surface area contributed by atoms with Crippen LogP contribution in [0.3, 0.4) is 0 Å². The van der Waals surface area contributed by atoms with Crippen molar-refractivity contribution >= 4 is 16.1 Å². The van der Waals surface area contributed by atoms with Gasteiger partial charge in [0.1, 0.15) is 5.82 Å². The predicted octanol–water partition coefficient (Wildman–Crippen LogP) is 0.214. The molecule has 3 rings (SSSR count). The van der Waals surface area contributed by atoms with Crippen molar-refractivity contribution in [2.75, 3.05) is 32.7 Å². The summed E-state index contributed by atoms with van der Waals surface area (Å²) in [7, 11) is -3.70. The maximum absolute atomic E-state index is 13.6. The molecule has 2 fully saturated rings. The minimum absolute atomic E-state index is 0.00447. The molecule has 3 N–H and O–H groups in total. The van der Waals surface area contributed by atoms with Crippen LogP contribution in [-0.2, 0) is 15.0 Å². The lowest BCUT2D eigenvalue weighted by Gasteiger charge is -2.40. The van der Waals surface area contributed by atoms with Crippen molar-refractivity contribution in [1.29, 1.82) is 0 Å². The average Bonchev–Trinajstić information content (AvgIpc) is 2.60. The fourth-order valence-corrected chi connectivity index (χ4v) is 4.29. The van der Waals surface area contributed by atoms with Crippen LogP contribution in [0.1, 0.15) is 24.4 Å². The molecule has 1 unspecified atom stereocenters. The van der Waals surface area contributed by atoms with E-state index in [2.05, 4.69) is 5.32 Å². The third kappa shape index (κ3) is 4.17. The highest BCUT2D eigenvalue weighted by atomic mass is 32.2. The summed E-state index contributed by atoms with van der Waals surface area (Å²) >= 11 is 0. The molecular weight excluding hydrogens is 347 g/mol. The molecule has 7 nitrogen and oxygen atoms in total. The number of halogens is 1. The van der Waals surface area contributed by atoms with E-state index < -0.39 is 10.2 Å². The van der Waals surface area contributed by atoms with Gasteiger partial charge in [-0.1, -0.05) is 12.1 Å². The van der Waals surface area contributed by atoms with Crippen molar-refractivity contribution in [3.63, 3.8) is 0 Å². The Balaban J connectivity index is 1.72. The lowest BCUT2D eigenvalue weighted by molar-refractivity contribution is -0.140. The first-order valence-corrected chi connectivity index (χ1v) is 9.91. The molecule has 2 aliphatic rings. The topological polar surface area (TPSA) is 95.7 Å². The van der Waals surface area contributed by atoms with Crippen molar-refractivity contribution in [2.45, 2.75) is 18.9 Å². The van der Waals surface area contributed by atoms with Crippen molar-refractivity contribution in [2.24, 2.45) is 11.1 Å². The second kappa shape index (κ2) is 7.36. The molecule has 1 amide bonds. The van der Waals surface area contributed by atoms with Crippen LogP contribution in [-0.4, -0.2) is 56.3 Å². The van der Waals surface area contributed by atoms with Crippen LogP contribution in [0.15, 0.2) is 24.3 Å². The number of nitrogens with two attached hydrogens (primary N) is 1. The van der Waals surface area contributed by atoms with Gasteiger partial charge in [0, 0.05) is 38.6 Å². The normalized spacial score (nSPS) is 23.6. The number of carbonyl (C=O) groups is 1. The maximum Gasteiger partial charge on any atom is 0.276 e. The number of amides is 1. The van der Waals surface area contributed by atoms with Gasteiger partial charge in [-0.3, -0.25) is 4.79 Å². The Hall–Kier alpha value is -1.55. The van der Waals surface area contributed by atoms with Gasteiger partial charge < -0.3 is 10.2 Å². The molecule has 1 aromatic rings. The van der Waals surface area contributed by atoms with Crippen molar-refractivity contribution in [3.05, 3.63) is 35.6 Å². The largest absolute Gasteiger partial charge is 0.333 e. The Kier molecular flexibility index (Phi) is 5.38. The van der Waals surface area contributed by atoms with Gasteiger partial charge in [0.15, 0.2) is 0 Å². The van der Waals surface area contributed by atoms with Gasteiger partial charge in [-0.2, -0.15) is 12.7 Å². The second-order valence-corrected chi connectivity index (χ2v) is 8.07. The summed E-state index contributed by atoms with van der Waals surface area (Å²) in [6.45, 7) is 2.33. The van der Waals surface area contributed by atoms with E-state index in [0.29, 0.717) is 32.5 Å². The minimum Gasteiger partial charge on any atom is -0.333 e. The van der Waals surface area contributed by atoms with E-state index in [4.69, 9.17) is 5.14 Å². The third-order valence-electron chi connectivity index (χ3n) is 4.92. The van der Waals surface area contributed by atoms with E-state index in [1.165, 1.54) is 16.4 Å². The average molecular weight is 370 g/mol. The molecule has 138 valence electrons. The Labute approximate surface area is 147 Å². The highest BCUT2D eigenvalue weighted by Crippen LogP contribution is 2.28. The number of piperazine rings is 1. The molecule has 0 saturated carbocycles. The standard InChI is InChI=1S/C16H23FN4O3S/c17-14-3-1-2-13(10-14)15-11-19-6-9-21(15)16(22)12-4-7-20(8-5-12)25(18,23)24/h1-3,10,12,15,19H,4-9,11H2,(H2,18,23,24). The Morgan fingerprint density at radius 1 is 1.24 bits per heavy atom. The number of piperidine rings is 1. The number of rotatable bonds is 3. The van der Waals surface area contributed by atoms with Crippen LogP contribution in [0.25, 0.3) is 0 Å². The molecule has 25 heavy (non-hydrogen) atoms. The van der Waals surface area contributed by atoms with E-state index in [0.717, 1.165) is 5.56 Å². The minimum atomic E-state index is -3.70. The molecule has 1 atom stereocenters. The van der Waals surface area contributed by atoms with E-state index in [-0.39, 0.29) is 36.8 Å². The first-order chi connectivity index (χ1) is 11.9. The van der Waals surface area contributed by atoms with Crippen LogP contribution >= 0.6 is 0 Å². The molecule has 9 heteroatoms. The van der Waals surface area contributed by atoms with Crippen LogP contribution in [0.5, 0.6) is 0 Å².